The Balaban J connectivity index is 1.23. The second-order valence-corrected chi connectivity index (χ2v) is 13.1. The summed E-state index contributed by atoms with van der Waals surface area (Å²) in [5.74, 6) is 1.01. The predicted octanol–water partition coefficient (Wildman–Crippen LogP) is 3.23. The number of hydrazine groups is 1. The van der Waals surface area contributed by atoms with Gasteiger partial charge in [0.25, 0.3) is 11.1 Å². The van der Waals surface area contributed by atoms with Gasteiger partial charge in [-0.05, 0) is 68.1 Å². The van der Waals surface area contributed by atoms with Crippen molar-refractivity contribution in [3.8, 4) is 16.9 Å². The molecule has 0 aromatic carbocycles. The fraction of sp³-hybridized carbons (Fsp3) is 0.389. The number of nitrogens with zero attached hydrogens (tertiary/aromatic N) is 8. The maximum Gasteiger partial charge on any atom is 0.275 e. The summed E-state index contributed by atoms with van der Waals surface area (Å²) < 4.78 is 10.8. The fourth-order valence-electron chi connectivity index (χ4n) is 7.55. The number of aliphatic hydroxyl groups is 1. The zero-order chi connectivity index (χ0) is 32.9. The first-order chi connectivity index (χ1) is 23.4. The Labute approximate surface area is 278 Å². The molecule has 8 rings (SSSR count). The molecular weight excluding hydrogens is 608 g/mol. The molecule has 3 aliphatic rings. The minimum Gasteiger partial charge on any atom is -0.392 e. The van der Waals surface area contributed by atoms with E-state index in [1.54, 1.807) is 36.4 Å². The summed E-state index contributed by atoms with van der Waals surface area (Å²) in [4.78, 5) is 39.6. The van der Waals surface area contributed by atoms with E-state index in [0.29, 0.717) is 52.0 Å². The van der Waals surface area contributed by atoms with Gasteiger partial charge in [-0.1, -0.05) is 6.07 Å². The SMILES string of the molecule is C[C@H]1CN(C2COC2)CCN1N(c1ccccn1)c1cc(-c2ccnc(-n3ccc4c(cc5n4CCCC5)c3=O)c2CO)cn(C)c1=O. The molecule has 248 valence electrons. The van der Waals surface area contributed by atoms with Crippen LogP contribution in [0.2, 0.25) is 0 Å². The Hall–Kier alpha value is -4.62. The zero-order valence-corrected chi connectivity index (χ0v) is 27.3. The number of aliphatic hydroxyl groups excluding tert-OH is 1. The van der Waals surface area contributed by atoms with Crippen LogP contribution in [0.4, 0.5) is 11.5 Å². The van der Waals surface area contributed by atoms with E-state index in [1.807, 2.05) is 47.5 Å². The lowest BCUT2D eigenvalue weighted by molar-refractivity contribution is -0.0847. The van der Waals surface area contributed by atoms with Crippen molar-refractivity contribution in [3.63, 3.8) is 0 Å². The van der Waals surface area contributed by atoms with Gasteiger partial charge in [-0.15, -0.1) is 0 Å². The van der Waals surface area contributed by atoms with Gasteiger partial charge in [0.15, 0.2) is 0 Å². The van der Waals surface area contributed by atoms with Crippen LogP contribution in [0.5, 0.6) is 0 Å². The molecule has 48 heavy (non-hydrogen) atoms. The average Bonchev–Trinajstić information content (AvgIpc) is 3.47. The van der Waals surface area contributed by atoms with Crippen molar-refractivity contribution in [3.05, 3.63) is 99.2 Å². The van der Waals surface area contributed by atoms with Crippen LogP contribution in [0, 0.1) is 0 Å². The summed E-state index contributed by atoms with van der Waals surface area (Å²) in [7, 11) is 1.73. The van der Waals surface area contributed by atoms with E-state index in [1.165, 1.54) is 10.3 Å². The van der Waals surface area contributed by atoms with E-state index in [0.717, 1.165) is 57.6 Å². The molecule has 8 heterocycles. The van der Waals surface area contributed by atoms with Gasteiger partial charge in [-0.3, -0.25) is 24.1 Å². The molecule has 3 aliphatic heterocycles. The van der Waals surface area contributed by atoms with Gasteiger partial charge in [-0.25, -0.2) is 15.0 Å². The molecule has 2 fully saturated rings. The Bertz CT molecular complexity index is 2100. The lowest BCUT2D eigenvalue weighted by Crippen LogP contribution is -2.62. The minimum absolute atomic E-state index is 0.0945. The maximum atomic E-state index is 14.0. The summed E-state index contributed by atoms with van der Waals surface area (Å²) in [6.07, 6.45) is 10.1. The van der Waals surface area contributed by atoms with Crippen LogP contribution in [0.3, 0.4) is 0 Å². The number of hydrogen-bond acceptors (Lipinski definition) is 9. The summed E-state index contributed by atoms with van der Waals surface area (Å²) in [5, 5.41) is 15.6. The number of aryl methyl sites for hydroxylation is 3. The average molecular weight is 649 g/mol. The Kier molecular flexibility index (Phi) is 7.95. The molecule has 12 heteroatoms. The largest absolute Gasteiger partial charge is 0.392 e. The van der Waals surface area contributed by atoms with Crippen molar-refractivity contribution < 1.29 is 9.84 Å². The Morgan fingerprint density at radius 1 is 1.00 bits per heavy atom. The molecule has 2 saturated heterocycles. The molecule has 1 atom stereocenters. The number of pyridine rings is 4. The predicted molar refractivity (Wildman–Crippen MR) is 184 cm³/mol. The molecule has 0 unspecified atom stereocenters. The first-order valence-corrected chi connectivity index (χ1v) is 16.8. The fourth-order valence-corrected chi connectivity index (χ4v) is 7.55. The van der Waals surface area contributed by atoms with Crippen LogP contribution in [0.15, 0.2) is 76.8 Å². The van der Waals surface area contributed by atoms with Gasteiger partial charge in [0.2, 0.25) is 0 Å². The monoisotopic (exact) mass is 648 g/mol. The maximum absolute atomic E-state index is 14.0. The molecule has 0 saturated carbocycles. The van der Waals surface area contributed by atoms with Crippen LogP contribution in [0.1, 0.15) is 31.0 Å². The van der Waals surface area contributed by atoms with E-state index >= 15 is 0 Å². The van der Waals surface area contributed by atoms with Crippen molar-refractivity contribution in [2.24, 2.45) is 7.05 Å². The van der Waals surface area contributed by atoms with Crippen molar-refractivity contribution in [1.82, 2.24) is 33.6 Å². The molecule has 0 aliphatic carbocycles. The molecule has 5 aromatic heterocycles. The lowest BCUT2D eigenvalue weighted by atomic mass is 10.0. The number of fused-ring (bicyclic) bond motifs is 3. The smallest absolute Gasteiger partial charge is 0.275 e. The van der Waals surface area contributed by atoms with E-state index < -0.39 is 0 Å². The normalized spacial score (nSPS) is 18.9. The summed E-state index contributed by atoms with van der Waals surface area (Å²) in [6, 6.07) is 13.9. The highest BCUT2D eigenvalue weighted by molar-refractivity contribution is 5.81. The lowest BCUT2D eigenvalue weighted by Gasteiger charge is -2.48. The molecular formula is C36H40N8O4. The molecule has 1 N–H and O–H groups in total. The first-order valence-electron chi connectivity index (χ1n) is 16.8. The third-order valence-electron chi connectivity index (χ3n) is 10.1. The number of hydrogen-bond donors (Lipinski definition) is 1. The van der Waals surface area contributed by atoms with Crippen molar-refractivity contribution in [2.45, 2.75) is 51.4 Å². The molecule has 12 nitrogen and oxygen atoms in total. The molecule has 0 radical (unpaired) electrons. The standard InChI is InChI=1S/C36H40N8O4/c1-24-19-40(27-22-48-23-27)15-16-43(24)44(33-8-3-5-11-37-33)32-17-25(20-39(2)36(32)47)28-9-12-38-34(30(28)21-45)42-14-10-31-29(35(42)46)18-26-7-4-6-13-41(26)31/h3,5,8-12,14,17-18,20,24,27,45H,4,6-7,13,15-16,19,21-23H2,1-2H3/t24-/m0/s1. The van der Waals surface area contributed by atoms with Crippen LogP contribution in [-0.2, 0) is 31.4 Å². The van der Waals surface area contributed by atoms with Crippen LogP contribution >= 0.6 is 0 Å². The van der Waals surface area contributed by atoms with Gasteiger partial charge >= 0.3 is 0 Å². The molecule has 0 amide bonds. The molecule has 5 aromatic rings. The number of aromatic nitrogens is 5. The summed E-state index contributed by atoms with van der Waals surface area (Å²) >= 11 is 0. The van der Waals surface area contributed by atoms with Gasteiger partial charge in [-0.2, -0.15) is 0 Å². The van der Waals surface area contributed by atoms with E-state index in [2.05, 4.69) is 31.4 Å². The van der Waals surface area contributed by atoms with Gasteiger partial charge in [0.1, 0.15) is 17.3 Å². The van der Waals surface area contributed by atoms with E-state index in [9.17, 15) is 14.7 Å². The highest BCUT2D eigenvalue weighted by Crippen LogP contribution is 2.33. The Morgan fingerprint density at radius 2 is 1.88 bits per heavy atom. The molecule has 0 bridgehead atoms. The second kappa shape index (κ2) is 12.4. The molecule has 0 spiro atoms. The number of ether oxygens (including phenoxy) is 1. The first kappa shape index (κ1) is 30.7. The van der Waals surface area contributed by atoms with Crippen molar-refractivity contribution >= 4 is 22.4 Å². The van der Waals surface area contributed by atoms with Crippen molar-refractivity contribution in [1.29, 1.82) is 0 Å². The van der Waals surface area contributed by atoms with Gasteiger partial charge < -0.3 is 19.0 Å². The van der Waals surface area contributed by atoms with Crippen LogP contribution in [0.25, 0.3) is 27.8 Å². The number of anilines is 2. The Morgan fingerprint density at radius 3 is 2.62 bits per heavy atom. The van der Waals surface area contributed by atoms with Crippen molar-refractivity contribution in [2.75, 3.05) is 37.9 Å². The number of piperazine rings is 1. The highest BCUT2D eigenvalue weighted by atomic mass is 16.5. The highest BCUT2D eigenvalue weighted by Gasteiger charge is 2.36. The van der Waals surface area contributed by atoms with Crippen LogP contribution < -0.4 is 16.1 Å². The zero-order valence-electron chi connectivity index (χ0n) is 27.3. The van der Waals surface area contributed by atoms with E-state index in [-0.39, 0.29) is 23.8 Å². The third-order valence-corrected chi connectivity index (χ3v) is 10.1. The number of rotatable bonds is 7. The quantitative estimate of drug-likeness (QED) is 0.284. The topological polar surface area (TPSA) is 114 Å². The third kappa shape index (κ3) is 5.16. The minimum atomic E-state index is -0.346. The summed E-state index contributed by atoms with van der Waals surface area (Å²) in [5.41, 5.74) is 4.11. The van der Waals surface area contributed by atoms with Crippen LogP contribution in [-0.4, -0.2) is 83.6 Å². The second-order valence-electron chi connectivity index (χ2n) is 13.1. The van der Waals surface area contributed by atoms with Gasteiger partial charge in [0, 0.05) is 80.9 Å². The van der Waals surface area contributed by atoms with E-state index in [4.69, 9.17) is 4.74 Å². The summed E-state index contributed by atoms with van der Waals surface area (Å²) in [6.45, 7) is 6.64. The van der Waals surface area contributed by atoms with Gasteiger partial charge in [0.05, 0.1) is 36.8 Å².